The largest absolute Gasteiger partial charge is 0.508 e. The summed E-state index contributed by atoms with van der Waals surface area (Å²) < 4.78 is 33.3. The number of phenolic OH excluding ortho intramolecular Hbond substituents is 1. The van der Waals surface area contributed by atoms with E-state index in [4.69, 9.17) is 14.2 Å². The molecule has 0 saturated carbocycles. The lowest BCUT2D eigenvalue weighted by Gasteiger charge is -2.31. The molecule has 5 rings (SSSR count). The van der Waals surface area contributed by atoms with Crippen molar-refractivity contribution in [3.63, 3.8) is 0 Å². The summed E-state index contributed by atoms with van der Waals surface area (Å²) >= 11 is 0. The monoisotopic (exact) mass is 503 g/mol. The number of ether oxygens (including phenoxy) is 3. The van der Waals surface area contributed by atoms with Gasteiger partial charge in [-0.1, -0.05) is 31.2 Å². The van der Waals surface area contributed by atoms with Gasteiger partial charge in [0, 0.05) is 29.3 Å². The molecule has 0 aliphatic carbocycles. The van der Waals surface area contributed by atoms with E-state index in [2.05, 4.69) is 18.7 Å². The number of fused-ring (bicyclic) bond motifs is 1. The number of nitrogens with zero attached hydrogens (tertiary/aromatic N) is 1. The minimum atomic E-state index is -0.544. The van der Waals surface area contributed by atoms with Crippen LogP contribution in [0.5, 0.6) is 23.0 Å². The molecule has 1 fully saturated rings. The number of phenols is 1. The number of aromatic hydroxyl groups is 1. The van der Waals surface area contributed by atoms with Gasteiger partial charge in [0.2, 0.25) is 0 Å². The molecule has 6 heteroatoms. The summed E-state index contributed by atoms with van der Waals surface area (Å²) in [5.41, 5.74) is 3.55. The maximum absolute atomic E-state index is 15.5. The molecule has 2 aliphatic heterocycles. The van der Waals surface area contributed by atoms with Crippen molar-refractivity contribution in [3.05, 3.63) is 83.2 Å². The second-order valence-corrected chi connectivity index (χ2v) is 10.2. The van der Waals surface area contributed by atoms with Crippen molar-refractivity contribution >= 4 is 11.1 Å². The Labute approximate surface area is 218 Å². The molecule has 0 amide bonds. The SMILES string of the molecule is COc1cccc(C2=C(C)c3cc(O)ccc3OC2c2ccc(OCC(C)N3CCC(C)C3)cc2)c1F. The van der Waals surface area contributed by atoms with E-state index in [1.807, 2.05) is 31.2 Å². The highest BCUT2D eigenvalue weighted by Gasteiger charge is 2.32. The third kappa shape index (κ3) is 5.03. The quantitative estimate of drug-likeness (QED) is 0.388. The van der Waals surface area contributed by atoms with Crippen LogP contribution in [0.25, 0.3) is 11.1 Å². The normalized spacial score (nSPS) is 20.4. The van der Waals surface area contributed by atoms with Gasteiger partial charge in [-0.25, -0.2) is 4.39 Å². The lowest BCUT2D eigenvalue weighted by Crippen LogP contribution is -2.35. The van der Waals surface area contributed by atoms with Gasteiger partial charge in [0.1, 0.15) is 30.0 Å². The highest BCUT2D eigenvalue weighted by molar-refractivity contribution is 5.96. The van der Waals surface area contributed by atoms with Gasteiger partial charge in [0.15, 0.2) is 11.6 Å². The van der Waals surface area contributed by atoms with E-state index in [9.17, 15) is 5.11 Å². The summed E-state index contributed by atoms with van der Waals surface area (Å²) in [4.78, 5) is 2.48. The summed E-state index contributed by atoms with van der Waals surface area (Å²) in [7, 11) is 1.45. The Bertz CT molecular complexity index is 1300. The van der Waals surface area contributed by atoms with Crippen molar-refractivity contribution in [1.29, 1.82) is 0 Å². The molecule has 0 bridgehead atoms. The Balaban J connectivity index is 1.45. The van der Waals surface area contributed by atoms with E-state index in [1.54, 1.807) is 36.4 Å². The van der Waals surface area contributed by atoms with Gasteiger partial charge in [-0.05, 0) is 80.3 Å². The summed E-state index contributed by atoms with van der Waals surface area (Å²) in [5, 5.41) is 10.1. The van der Waals surface area contributed by atoms with Crippen molar-refractivity contribution in [1.82, 2.24) is 4.90 Å². The van der Waals surface area contributed by atoms with Crippen LogP contribution in [-0.2, 0) is 0 Å². The zero-order valence-corrected chi connectivity index (χ0v) is 21.8. The molecule has 37 heavy (non-hydrogen) atoms. The number of hydrogen-bond acceptors (Lipinski definition) is 5. The number of likely N-dealkylation sites (tertiary alicyclic amines) is 1. The van der Waals surface area contributed by atoms with Crippen LogP contribution in [-0.4, -0.2) is 42.9 Å². The summed E-state index contributed by atoms with van der Waals surface area (Å²) in [5.74, 6) is 2.03. The number of allylic oxidation sites excluding steroid dienone is 1. The fourth-order valence-corrected chi connectivity index (χ4v) is 5.33. The smallest absolute Gasteiger partial charge is 0.172 e. The highest BCUT2D eigenvalue weighted by atomic mass is 19.1. The van der Waals surface area contributed by atoms with Crippen molar-refractivity contribution in [2.24, 2.45) is 5.92 Å². The Morgan fingerprint density at radius 3 is 2.59 bits per heavy atom. The van der Waals surface area contributed by atoms with Gasteiger partial charge in [0.05, 0.1) is 7.11 Å². The molecular weight excluding hydrogens is 469 g/mol. The first kappa shape index (κ1) is 25.2. The average Bonchev–Trinajstić information content (AvgIpc) is 3.35. The topological polar surface area (TPSA) is 51.2 Å². The molecule has 3 aromatic rings. The minimum Gasteiger partial charge on any atom is -0.508 e. The third-order valence-corrected chi connectivity index (χ3v) is 7.50. The van der Waals surface area contributed by atoms with Crippen molar-refractivity contribution in [2.45, 2.75) is 39.3 Å². The van der Waals surface area contributed by atoms with Crippen LogP contribution in [0.1, 0.15) is 50.0 Å². The van der Waals surface area contributed by atoms with E-state index in [0.29, 0.717) is 29.5 Å². The van der Waals surface area contributed by atoms with Gasteiger partial charge in [-0.15, -0.1) is 0 Å². The molecule has 3 atom stereocenters. The van der Waals surface area contributed by atoms with E-state index in [-0.39, 0.29) is 11.5 Å². The number of rotatable bonds is 7. The molecule has 0 radical (unpaired) electrons. The molecule has 5 nitrogen and oxygen atoms in total. The Morgan fingerprint density at radius 1 is 1.11 bits per heavy atom. The van der Waals surface area contributed by atoms with Crippen LogP contribution in [0.3, 0.4) is 0 Å². The first-order valence-corrected chi connectivity index (χ1v) is 12.9. The number of benzene rings is 3. The number of methoxy groups -OCH3 is 1. The number of halogens is 1. The third-order valence-electron chi connectivity index (χ3n) is 7.50. The van der Waals surface area contributed by atoms with Gasteiger partial charge >= 0.3 is 0 Å². The van der Waals surface area contributed by atoms with Crippen LogP contribution in [0.15, 0.2) is 60.7 Å². The molecular formula is C31H34FNO4. The Morgan fingerprint density at radius 2 is 1.89 bits per heavy atom. The molecule has 0 spiro atoms. The molecule has 3 unspecified atom stereocenters. The Hall–Kier alpha value is -3.51. The first-order chi connectivity index (χ1) is 17.9. The van der Waals surface area contributed by atoms with Crippen molar-refractivity contribution in [3.8, 4) is 23.0 Å². The van der Waals surface area contributed by atoms with Gasteiger partial charge in [-0.2, -0.15) is 0 Å². The lowest BCUT2D eigenvalue weighted by molar-refractivity contribution is 0.169. The summed E-state index contributed by atoms with van der Waals surface area (Å²) in [6.07, 6.45) is 0.699. The van der Waals surface area contributed by atoms with Crippen molar-refractivity contribution in [2.75, 3.05) is 26.8 Å². The fraction of sp³-hybridized carbons (Fsp3) is 0.355. The van der Waals surface area contributed by atoms with E-state index >= 15 is 4.39 Å². The lowest BCUT2D eigenvalue weighted by atomic mass is 9.85. The first-order valence-electron chi connectivity index (χ1n) is 12.9. The van der Waals surface area contributed by atoms with Gasteiger partial charge < -0.3 is 19.3 Å². The second kappa shape index (κ2) is 10.5. The maximum atomic E-state index is 15.5. The van der Waals surface area contributed by atoms with Crippen LogP contribution >= 0.6 is 0 Å². The summed E-state index contributed by atoms with van der Waals surface area (Å²) in [6, 6.07) is 18.3. The van der Waals surface area contributed by atoms with Gasteiger partial charge in [0.25, 0.3) is 0 Å². The summed E-state index contributed by atoms with van der Waals surface area (Å²) in [6.45, 7) is 9.31. The molecule has 3 aromatic carbocycles. The Kier molecular flexibility index (Phi) is 7.11. The van der Waals surface area contributed by atoms with E-state index in [0.717, 1.165) is 41.5 Å². The van der Waals surface area contributed by atoms with E-state index < -0.39 is 11.9 Å². The second-order valence-electron chi connectivity index (χ2n) is 10.2. The maximum Gasteiger partial charge on any atom is 0.172 e. The predicted octanol–water partition coefficient (Wildman–Crippen LogP) is 6.71. The molecule has 0 aromatic heterocycles. The van der Waals surface area contributed by atoms with Crippen molar-refractivity contribution < 1.29 is 23.7 Å². The van der Waals surface area contributed by atoms with E-state index in [1.165, 1.54) is 13.5 Å². The standard InChI is InChI=1S/C31H34FNO4/c1-19-14-15-33(17-19)20(2)18-36-24-11-8-22(9-12-24)31-29(25-6-5-7-28(35-4)30(25)32)21(3)26-16-23(34)10-13-27(26)37-31/h5-13,16,19-20,31,34H,14-15,17-18H2,1-4H3. The zero-order chi connectivity index (χ0) is 26.1. The van der Waals surface area contributed by atoms with Crippen LogP contribution in [0.4, 0.5) is 4.39 Å². The molecule has 2 aliphatic rings. The zero-order valence-electron chi connectivity index (χ0n) is 21.8. The fourth-order valence-electron chi connectivity index (χ4n) is 5.33. The highest BCUT2D eigenvalue weighted by Crippen LogP contribution is 2.48. The number of hydrogen-bond donors (Lipinski definition) is 1. The van der Waals surface area contributed by atoms with Crippen LogP contribution < -0.4 is 14.2 Å². The molecule has 1 N–H and O–H groups in total. The van der Waals surface area contributed by atoms with Crippen LogP contribution in [0, 0.1) is 11.7 Å². The predicted molar refractivity (Wildman–Crippen MR) is 144 cm³/mol. The van der Waals surface area contributed by atoms with Gasteiger partial charge in [-0.3, -0.25) is 4.90 Å². The minimum absolute atomic E-state index is 0.129. The molecule has 194 valence electrons. The molecule has 2 heterocycles. The molecule has 1 saturated heterocycles. The van der Waals surface area contributed by atoms with Crippen LogP contribution in [0.2, 0.25) is 0 Å². The average molecular weight is 504 g/mol.